The molecular formula is C20H24N4O2. The maximum atomic E-state index is 13.0. The molecule has 6 heteroatoms. The lowest BCUT2D eigenvalue weighted by Crippen LogP contribution is -2.39. The largest absolute Gasteiger partial charge is 0.337 e. The van der Waals surface area contributed by atoms with Gasteiger partial charge in [0.2, 0.25) is 0 Å². The van der Waals surface area contributed by atoms with Gasteiger partial charge >= 0.3 is 5.69 Å². The predicted octanol–water partition coefficient (Wildman–Crippen LogP) is 3.24. The summed E-state index contributed by atoms with van der Waals surface area (Å²) in [4.78, 5) is 30.3. The molecule has 2 aromatic heterocycles. The van der Waals surface area contributed by atoms with Crippen molar-refractivity contribution in [3.63, 3.8) is 0 Å². The molecule has 6 nitrogen and oxygen atoms in total. The van der Waals surface area contributed by atoms with E-state index < -0.39 is 5.69 Å². The van der Waals surface area contributed by atoms with Crippen molar-refractivity contribution in [3.8, 4) is 5.69 Å². The third-order valence-electron chi connectivity index (χ3n) is 4.54. The van der Waals surface area contributed by atoms with E-state index in [9.17, 15) is 9.59 Å². The van der Waals surface area contributed by atoms with Gasteiger partial charge in [-0.25, -0.2) is 14.3 Å². The van der Waals surface area contributed by atoms with Crippen LogP contribution in [0.1, 0.15) is 45.2 Å². The van der Waals surface area contributed by atoms with Crippen LogP contribution in [0.2, 0.25) is 0 Å². The minimum Gasteiger partial charge on any atom is -0.322 e. The molecule has 0 bridgehead atoms. The number of nitrogens with zero attached hydrogens (tertiary/aromatic N) is 4. The zero-order valence-electron chi connectivity index (χ0n) is 15.6. The highest BCUT2D eigenvalue weighted by atomic mass is 16.2. The van der Waals surface area contributed by atoms with Crippen LogP contribution in [-0.4, -0.2) is 18.7 Å². The van der Waals surface area contributed by atoms with Crippen LogP contribution in [0.5, 0.6) is 0 Å². The molecule has 136 valence electrons. The lowest BCUT2D eigenvalue weighted by atomic mass is 10.0. The normalized spacial score (nSPS) is 11.6. The van der Waals surface area contributed by atoms with Crippen molar-refractivity contribution >= 4 is 11.2 Å². The lowest BCUT2D eigenvalue weighted by molar-refractivity contribution is 0.609. The Bertz CT molecular complexity index is 1070. The Balaban J connectivity index is 2.39. The van der Waals surface area contributed by atoms with E-state index >= 15 is 0 Å². The number of hydrogen-bond donors (Lipinski definition) is 0. The Hall–Kier alpha value is -2.89. The number of imidazole rings is 1. The molecule has 0 saturated heterocycles. The predicted molar refractivity (Wildman–Crippen MR) is 104 cm³/mol. The van der Waals surface area contributed by atoms with Gasteiger partial charge in [0.15, 0.2) is 11.2 Å². The highest BCUT2D eigenvalue weighted by Crippen LogP contribution is 2.19. The van der Waals surface area contributed by atoms with E-state index in [1.165, 1.54) is 14.7 Å². The molecule has 3 aromatic rings. The van der Waals surface area contributed by atoms with E-state index in [-0.39, 0.29) is 18.1 Å². The summed E-state index contributed by atoms with van der Waals surface area (Å²) in [5.41, 5.74) is 1.93. The Morgan fingerprint density at radius 3 is 2.31 bits per heavy atom. The molecule has 0 unspecified atom stereocenters. The van der Waals surface area contributed by atoms with Crippen LogP contribution in [0.15, 0.2) is 52.8 Å². The molecule has 0 aliphatic rings. The van der Waals surface area contributed by atoms with Crippen LogP contribution in [0.4, 0.5) is 0 Å². The minimum atomic E-state index is -0.409. The number of hydrogen-bond acceptors (Lipinski definition) is 3. The molecule has 0 radical (unpaired) electrons. The molecule has 0 fully saturated rings. The molecule has 0 aliphatic carbocycles. The summed E-state index contributed by atoms with van der Waals surface area (Å²) in [6.07, 6.45) is 3.17. The highest BCUT2D eigenvalue weighted by Gasteiger charge is 2.19. The summed E-state index contributed by atoms with van der Waals surface area (Å²) >= 11 is 0. The number of rotatable bonds is 5. The molecule has 0 spiro atoms. The van der Waals surface area contributed by atoms with Gasteiger partial charge in [0.25, 0.3) is 5.56 Å². The van der Waals surface area contributed by atoms with Crippen LogP contribution in [0.3, 0.4) is 0 Å². The first kappa shape index (κ1) is 17.9. The first-order valence-corrected chi connectivity index (χ1v) is 8.80. The topological polar surface area (TPSA) is 61.8 Å². The summed E-state index contributed by atoms with van der Waals surface area (Å²) < 4.78 is 4.51. The standard InChI is InChI=1S/C20H24N4O2/c1-6-11-22-19(25)17-18(21-12-23(17)14(4)5)24(20(22)26)16-9-7-15(8-10-16)13(2)3/h6-10,12-14H,1,11H2,2-5H3. The van der Waals surface area contributed by atoms with Gasteiger partial charge < -0.3 is 4.57 Å². The average Bonchev–Trinajstić information content (AvgIpc) is 3.04. The molecule has 0 amide bonds. The molecule has 0 atom stereocenters. The zero-order chi connectivity index (χ0) is 19.0. The maximum absolute atomic E-state index is 13.0. The van der Waals surface area contributed by atoms with Crippen LogP contribution in [-0.2, 0) is 6.54 Å². The third-order valence-corrected chi connectivity index (χ3v) is 4.54. The first-order valence-electron chi connectivity index (χ1n) is 8.80. The van der Waals surface area contributed by atoms with Crippen molar-refractivity contribution in [1.29, 1.82) is 0 Å². The number of benzene rings is 1. The minimum absolute atomic E-state index is 0.0548. The summed E-state index contributed by atoms with van der Waals surface area (Å²) in [7, 11) is 0. The Morgan fingerprint density at radius 2 is 1.77 bits per heavy atom. The number of allylic oxidation sites excluding steroid dienone is 1. The van der Waals surface area contributed by atoms with Crippen LogP contribution in [0.25, 0.3) is 16.9 Å². The Morgan fingerprint density at radius 1 is 1.12 bits per heavy atom. The van der Waals surface area contributed by atoms with Gasteiger partial charge in [0.05, 0.1) is 12.0 Å². The van der Waals surface area contributed by atoms with Gasteiger partial charge in [0.1, 0.15) is 0 Å². The zero-order valence-corrected chi connectivity index (χ0v) is 15.6. The fourth-order valence-electron chi connectivity index (χ4n) is 3.07. The lowest BCUT2D eigenvalue weighted by Gasteiger charge is -2.14. The average molecular weight is 352 g/mol. The van der Waals surface area contributed by atoms with E-state index in [1.54, 1.807) is 17.0 Å². The number of fused-ring (bicyclic) bond motifs is 1. The van der Waals surface area contributed by atoms with Crippen molar-refractivity contribution in [2.24, 2.45) is 0 Å². The fraction of sp³-hybridized carbons (Fsp3) is 0.350. The SMILES string of the molecule is C=CCn1c(=O)c2c(ncn2C(C)C)n(-c2ccc(C(C)C)cc2)c1=O. The van der Waals surface area contributed by atoms with Gasteiger partial charge in [0, 0.05) is 12.6 Å². The van der Waals surface area contributed by atoms with Crippen LogP contribution in [0, 0.1) is 0 Å². The van der Waals surface area contributed by atoms with Crippen molar-refractivity contribution in [3.05, 3.63) is 69.6 Å². The summed E-state index contributed by atoms with van der Waals surface area (Å²) in [6, 6.07) is 7.85. The van der Waals surface area contributed by atoms with Crippen LogP contribution >= 0.6 is 0 Å². The third kappa shape index (κ3) is 2.81. The second-order valence-corrected chi connectivity index (χ2v) is 6.99. The van der Waals surface area contributed by atoms with Crippen molar-refractivity contribution < 1.29 is 0 Å². The van der Waals surface area contributed by atoms with Gasteiger partial charge in [-0.3, -0.25) is 9.36 Å². The van der Waals surface area contributed by atoms with E-state index in [1.807, 2.05) is 38.1 Å². The van der Waals surface area contributed by atoms with Gasteiger partial charge in [-0.2, -0.15) is 0 Å². The van der Waals surface area contributed by atoms with E-state index in [4.69, 9.17) is 0 Å². The second-order valence-electron chi connectivity index (χ2n) is 6.99. The molecule has 0 saturated carbocycles. The highest BCUT2D eigenvalue weighted by molar-refractivity contribution is 5.72. The van der Waals surface area contributed by atoms with Gasteiger partial charge in [-0.15, -0.1) is 6.58 Å². The smallest absolute Gasteiger partial charge is 0.322 e. The first-order chi connectivity index (χ1) is 12.4. The second kappa shape index (κ2) is 6.78. The number of aromatic nitrogens is 4. The van der Waals surface area contributed by atoms with Crippen molar-refractivity contribution in [1.82, 2.24) is 18.7 Å². The maximum Gasteiger partial charge on any atom is 0.337 e. The molecule has 26 heavy (non-hydrogen) atoms. The van der Waals surface area contributed by atoms with E-state index in [0.29, 0.717) is 22.8 Å². The molecule has 2 heterocycles. The fourth-order valence-corrected chi connectivity index (χ4v) is 3.07. The molecule has 3 rings (SSSR count). The Labute approximate surface area is 152 Å². The molecule has 0 N–H and O–H groups in total. The van der Waals surface area contributed by atoms with Gasteiger partial charge in [-0.1, -0.05) is 32.1 Å². The summed E-state index contributed by atoms with van der Waals surface area (Å²) in [5, 5.41) is 0. The van der Waals surface area contributed by atoms with Crippen LogP contribution < -0.4 is 11.2 Å². The van der Waals surface area contributed by atoms with E-state index in [2.05, 4.69) is 25.4 Å². The van der Waals surface area contributed by atoms with Crippen molar-refractivity contribution in [2.45, 2.75) is 46.2 Å². The molecule has 1 aromatic carbocycles. The molecule has 0 aliphatic heterocycles. The summed E-state index contributed by atoms with van der Waals surface area (Å²) in [6.45, 7) is 12.0. The quantitative estimate of drug-likeness (QED) is 0.662. The van der Waals surface area contributed by atoms with Crippen molar-refractivity contribution in [2.75, 3.05) is 0 Å². The summed E-state index contributed by atoms with van der Waals surface area (Å²) in [5.74, 6) is 0.399. The van der Waals surface area contributed by atoms with Gasteiger partial charge in [-0.05, 0) is 37.5 Å². The Kier molecular flexibility index (Phi) is 4.68. The van der Waals surface area contributed by atoms with E-state index in [0.717, 1.165) is 0 Å². The monoisotopic (exact) mass is 352 g/mol. The molecular weight excluding hydrogens is 328 g/mol.